The van der Waals surface area contributed by atoms with Gasteiger partial charge in [-0.2, -0.15) is 5.10 Å². The van der Waals surface area contributed by atoms with Crippen molar-refractivity contribution in [1.82, 2.24) is 15.1 Å². The van der Waals surface area contributed by atoms with Crippen molar-refractivity contribution in [1.29, 1.82) is 0 Å². The molecule has 0 radical (unpaired) electrons. The largest absolute Gasteiger partial charge is 0.448 e. The van der Waals surface area contributed by atoms with Crippen molar-refractivity contribution in [2.24, 2.45) is 0 Å². The van der Waals surface area contributed by atoms with Gasteiger partial charge in [0.25, 0.3) is 0 Å². The van der Waals surface area contributed by atoms with Crippen LogP contribution >= 0.6 is 11.6 Å². The molecule has 0 saturated heterocycles. The first kappa shape index (κ1) is 15.1. The Labute approximate surface area is 125 Å². The molecular weight excluding hydrogens is 274 g/mol. The highest BCUT2D eigenvalue weighted by Crippen LogP contribution is 2.23. The van der Waals surface area contributed by atoms with Crippen molar-refractivity contribution >= 4 is 11.6 Å². The summed E-state index contributed by atoms with van der Waals surface area (Å²) in [5.74, 6) is 0.863. The van der Waals surface area contributed by atoms with E-state index in [1.54, 1.807) is 6.07 Å². The zero-order valence-corrected chi connectivity index (χ0v) is 13.0. The van der Waals surface area contributed by atoms with Crippen molar-refractivity contribution in [3.8, 4) is 0 Å². The van der Waals surface area contributed by atoms with Crippen molar-refractivity contribution < 1.29 is 4.42 Å². The van der Waals surface area contributed by atoms with Crippen LogP contribution in [0.3, 0.4) is 0 Å². The topological polar surface area (TPSA) is 43.0 Å². The summed E-state index contributed by atoms with van der Waals surface area (Å²) in [4.78, 5) is 0. The minimum atomic E-state index is 0.109. The number of rotatable bonds is 7. The zero-order chi connectivity index (χ0) is 14.5. The fourth-order valence-corrected chi connectivity index (χ4v) is 2.24. The molecule has 0 aliphatic carbocycles. The summed E-state index contributed by atoms with van der Waals surface area (Å²) in [6.07, 6.45) is 3.89. The van der Waals surface area contributed by atoms with Gasteiger partial charge in [-0.3, -0.25) is 4.68 Å². The van der Waals surface area contributed by atoms with E-state index in [1.807, 2.05) is 16.9 Å². The van der Waals surface area contributed by atoms with Gasteiger partial charge in [-0.1, -0.05) is 6.92 Å². The fraction of sp³-hybridized carbons (Fsp3) is 0.533. The molecule has 110 valence electrons. The molecule has 2 aromatic heterocycles. The second-order valence-corrected chi connectivity index (χ2v) is 5.61. The average Bonchev–Trinajstić information content (AvgIpc) is 3.03. The first-order chi connectivity index (χ1) is 9.60. The van der Waals surface area contributed by atoms with Gasteiger partial charge in [-0.25, -0.2) is 0 Å². The highest BCUT2D eigenvalue weighted by molar-refractivity contribution is 6.28. The molecule has 1 atom stereocenters. The van der Waals surface area contributed by atoms with Gasteiger partial charge in [0, 0.05) is 18.7 Å². The van der Waals surface area contributed by atoms with E-state index < -0.39 is 0 Å². The van der Waals surface area contributed by atoms with Gasteiger partial charge < -0.3 is 9.73 Å². The van der Waals surface area contributed by atoms with Crippen molar-refractivity contribution in [3.63, 3.8) is 0 Å². The van der Waals surface area contributed by atoms with Gasteiger partial charge >= 0.3 is 0 Å². The molecule has 20 heavy (non-hydrogen) atoms. The second kappa shape index (κ2) is 6.95. The SMILES string of the molecule is CCCNC(Cc1ccn(C(C)C)n1)c1ccc(Cl)o1. The lowest BCUT2D eigenvalue weighted by Crippen LogP contribution is -2.24. The second-order valence-electron chi connectivity index (χ2n) is 5.23. The third kappa shape index (κ3) is 3.87. The van der Waals surface area contributed by atoms with Gasteiger partial charge in [-0.05, 0) is 56.6 Å². The van der Waals surface area contributed by atoms with Crippen LogP contribution in [0, 0.1) is 0 Å². The van der Waals surface area contributed by atoms with E-state index in [0.29, 0.717) is 11.3 Å². The quantitative estimate of drug-likeness (QED) is 0.840. The molecule has 0 aromatic carbocycles. The number of hydrogen-bond acceptors (Lipinski definition) is 3. The van der Waals surface area contributed by atoms with Crippen LogP contribution in [0.5, 0.6) is 0 Å². The Morgan fingerprint density at radius 2 is 2.15 bits per heavy atom. The smallest absolute Gasteiger partial charge is 0.193 e. The Hall–Kier alpha value is -1.26. The molecule has 4 nitrogen and oxygen atoms in total. The van der Waals surface area contributed by atoms with Crippen LogP contribution in [-0.2, 0) is 6.42 Å². The highest BCUT2D eigenvalue weighted by atomic mass is 35.5. The molecule has 1 unspecified atom stereocenters. The molecule has 0 amide bonds. The standard InChI is InChI=1S/C15H22ClN3O/c1-4-8-17-13(14-5-6-15(16)20-14)10-12-7-9-19(18-12)11(2)3/h5-7,9,11,13,17H,4,8,10H2,1-3H3. The minimum absolute atomic E-state index is 0.109. The van der Waals surface area contributed by atoms with Crippen molar-refractivity contribution in [3.05, 3.63) is 41.1 Å². The normalized spacial score (nSPS) is 13.1. The minimum Gasteiger partial charge on any atom is -0.448 e. The summed E-state index contributed by atoms with van der Waals surface area (Å²) in [6.45, 7) is 7.33. The van der Waals surface area contributed by atoms with Crippen LogP contribution in [0.1, 0.15) is 50.7 Å². The Morgan fingerprint density at radius 3 is 2.70 bits per heavy atom. The molecular formula is C15H22ClN3O. The molecule has 0 spiro atoms. The molecule has 2 heterocycles. The van der Waals surface area contributed by atoms with E-state index in [4.69, 9.17) is 16.0 Å². The Balaban J connectivity index is 2.10. The number of hydrogen-bond donors (Lipinski definition) is 1. The Kier molecular flexibility index (Phi) is 5.26. The van der Waals surface area contributed by atoms with E-state index in [0.717, 1.165) is 30.8 Å². The van der Waals surface area contributed by atoms with Gasteiger partial charge in [0.05, 0.1) is 11.7 Å². The van der Waals surface area contributed by atoms with E-state index in [9.17, 15) is 0 Å². The first-order valence-corrected chi connectivity index (χ1v) is 7.50. The molecule has 1 N–H and O–H groups in total. The number of halogens is 1. The summed E-state index contributed by atoms with van der Waals surface area (Å²) in [5, 5.41) is 8.50. The predicted molar refractivity (Wildman–Crippen MR) is 81.1 cm³/mol. The lowest BCUT2D eigenvalue weighted by molar-refractivity contribution is 0.407. The van der Waals surface area contributed by atoms with Crippen LogP contribution in [-0.4, -0.2) is 16.3 Å². The van der Waals surface area contributed by atoms with Crippen LogP contribution in [0.15, 0.2) is 28.8 Å². The lowest BCUT2D eigenvalue weighted by atomic mass is 10.1. The van der Waals surface area contributed by atoms with Crippen LogP contribution in [0.2, 0.25) is 5.22 Å². The molecule has 2 rings (SSSR count). The number of nitrogens with one attached hydrogen (secondary N) is 1. The lowest BCUT2D eigenvalue weighted by Gasteiger charge is -2.15. The zero-order valence-electron chi connectivity index (χ0n) is 12.3. The molecule has 2 aromatic rings. The highest BCUT2D eigenvalue weighted by Gasteiger charge is 2.17. The summed E-state index contributed by atoms with van der Waals surface area (Å²) in [7, 11) is 0. The Bertz CT molecular complexity index is 533. The van der Waals surface area contributed by atoms with E-state index in [2.05, 4.69) is 37.3 Å². The maximum Gasteiger partial charge on any atom is 0.193 e. The fourth-order valence-electron chi connectivity index (χ4n) is 2.09. The third-order valence-corrected chi connectivity index (χ3v) is 3.39. The Morgan fingerprint density at radius 1 is 1.35 bits per heavy atom. The third-order valence-electron chi connectivity index (χ3n) is 3.18. The number of aromatic nitrogens is 2. The summed E-state index contributed by atoms with van der Waals surface area (Å²) >= 11 is 5.87. The molecule has 0 aliphatic rings. The van der Waals surface area contributed by atoms with Crippen LogP contribution in [0.25, 0.3) is 0 Å². The number of nitrogens with zero attached hydrogens (tertiary/aromatic N) is 2. The van der Waals surface area contributed by atoms with Crippen molar-refractivity contribution in [2.75, 3.05) is 6.54 Å². The molecule has 0 bridgehead atoms. The summed E-state index contributed by atoms with van der Waals surface area (Å²) < 4.78 is 7.51. The van der Waals surface area contributed by atoms with Gasteiger partial charge in [0.1, 0.15) is 5.76 Å². The van der Waals surface area contributed by atoms with E-state index in [-0.39, 0.29) is 6.04 Å². The maximum atomic E-state index is 5.87. The maximum absolute atomic E-state index is 5.87. The molecule has 0 saturated carbocycles. The molecule has 0 aliphatic heterocycles. The predicted octanol–water partition coefficient (Wildman–Crippen LogP) is 3.99. The molecule has 0 fully saturated rings. The first-order valence-electron chi connectivity index (χ1n) is 7.12. The van der Waals surface area contributed by atoms with Crippen LogP contribution in [0.4, 0.5) is 0 Å². The van der Waals surface area contributed by atoms with Gasteiger partial charge in [0.2, 0.25) is 0 Å². The van der Waals surface area contributed by atoms with Crippen molar-refractivity contribution in [2.45, 2.75) is 45.7 Å². The summed E-state index contributed by atoms with van der Waals surface area (Å²) in [6, 6.07) is 6.26. The number of furan rings is 1. The van der Waals surface area contributed by atoms with E-state index in [1.165, 1.54) is 0 Å². The van der Waals surface area contributed by atoms with Gasteiger partial charge in [-0.15, -0.1) is 0 Å². The van der Waals surface area contributed by atoms with E-state index >= 15 is 0 Å². The average molecular weight is 296 g/mol. The van der Waals surface area contributed by atoms with Gasteiger partial charge in [0.15, 0.2) is 5.22 Å². The van der Waals surface area contributed by atoms with Crippen LogP contribution < -0.4 is 5.32 Å². The molecule has 5 heteroatoms. The monoisotopic (exact) mass is 295 g/mol. The summed E-state index contributed by atoms with van der Waals surface area (Å²) in [5.41, 5.74) is 1.06.